The SMILES string of the molecule is OC=C1C=CC(N(C2=CCC(=CO)C=C2)c2ccccc2)=CC1. The highest BCUT2D eigenvalue weighted by atomic mass is 16.2. The van der Waals surface area contributed by atoms with Crippen molar-refractivity contribution in [3.8, 4) is 0 Å². The first-order chi connectivity index (χ1) is 11.3. The number of anilines is 1. The van der Waals surface area contributed by atoms with Crippen molar-refractivity contribution in [3.05, 3.63) is 102 Å². The smallest absolute Gasteiger partial charge is 0.0826 e. The standard InChI is InChI=1S/C20H19NO2/c22-14-16-6-10-19(11-7-16)21(18-4-2-1-3-5-18)20-12-8-17(15-23)9-13-20/h1-6,8,10-15,22-23H,7,9H2. The third kappa shape index (κ3) is 3.29. The van der Waals surface area contributed by atoms with Gasteiger partial charge in [-0.15, -0.1) is 0 Å². The van der Waals surface area contributed by atoms with Gasteiger partial charge in [-0.05, 0) is 48.3 Å². The lowest BCUT2D eigenvalue weighted by molar-refractivity contribution is 0.467. The molecule has 0 amide bonds. The van der Waals surface area contributed by atoms with Gasteiger partial charge in [-0.25, -0.2) is 0 Å². The van der Waals surface area contributed by atoms with Gasteiger partial charge in [0.15, 0.2) is 0 Å². The van der Waals surface area contributed by atoms with Crippen LogP contribution >= 0.6 is 0 Å². The van der Waals surface area contributed by atoms with Crippen LogP contribution in [0.2, 0.25) is 0 Å². The Kier molecular flexibility index (Phi) is 4.48. The molecular formula is C20H19NO2. The maximum absolute atomic E-state index is 9.13. The van der Waals surface area contributed by atoms with Gasteiger partial charge >= 0.3 is 0 Å². The van der Waals surface area contributed by atoms with E-state index in [2.05, 4.69) is 29.2 Å². The van der Waals surface area contributed by atoms with Gasteiger partial charge in [0, 0.05) is 17.1 Å². The van der Waals surface area contributed by atoms with Crippen molar-refractivity contribution in [3.63, 3.8) is 0 Å². The number of aliphatic hydroxyl groups is 2. The average Bonchev–Trinajstić information content (AvgIpc) is 2.64. The Bertz CT molecular complexity index is 703. The molecule has 3 nitrogen and oxygen atoms in total. The summed E-state index contributed by atoms with van der Waals surface area (Å²) in [4.78, 5) is 2.18. The summed E-state index contributed by atoms with van der Waals surface area (Å²) >= 11 is 0. The van der Waals surface area contributed by atoms with Gasteiger partial charge in [0.2, 0.25) is 0 Å². The molecule has 0 radical (unpaired) electrons. The minimum absolute atomic E-state index is 0.699. The first-order valence-electron chi connectivity index (χ1n) is 7.60. The fourth-order valence-corrected chi connectivity index (χ4v) is 2.65. The van der Waals surface area contributed by atoms with Gasteiger partial charge in [0.05, 0.1) is 12.5 Å². The monoisotopic (exact) mass is 305 g/mol. The fourth-order valence-electron chi connectivity index (χ4n) is 2.65. The zero-order valence-corrected chi connectivity index (χ0v) is 12.8. The number of allylic oxidation sites excluding steroid dienone is 8. The lowest BCUT2D eigenvalue weighted by Gasteiger charge is -2.29. The van der Waals surface area contributed by atoms with Crippen LogP contribution in [0.3, 0.4) is 0 Å². The Morgan fingerprint density at radius 3 is 1.65 bits per heavy atom. The quantitative estimate of drug-likeness (QED) is 0.767. The molecule has 2 aliphatic rings. The molecule has 23 heavy (non-hydrogen) atoms. The molecule has 1 aromatic rings. The van der Waals surface area contributed by atoms with Crippen LogP contribution < -0.4 is 4.90 Å². The van der Waals surface area contributed by atoms with Gasteiger partial charge < -0.3 is 15.1 Å². The Balaban J connectivity index is 1.97. The van der Waals surface area contributed by atoms with Crippen LogP contribution in [0.25, 0.3) is 0 Å². The van der Waals surface area contributed by atoms with Crippen molar-refractivity contribution in [2.24, 2.45) is 0 Å². The Morgan fingerprint density at radius 2 is 1.26 bits per heavy atom. The molecule has 0 spiro atoms. The summed E-state index contributed by atoms with van der Waals surface area (Å²) in [6.07, 6.45) is 15.8. The van der Waals surface area contributed by atoms with E-state index >= 15 is 0 Å². The van der Waals surface area contributed by atoms with Crippen LogP contribution in [0.15, 0.2) is 102 Å². The minimum Gasteiger partial charge on any atom is -0.515 e. The molecule has 0 bridgehead atoms. The highest BCUT2D eigenvalue weighted by Gasteiger charge is 2.17. The molecule has 0 aromatic heterocycles. The summed E-state index contributed by atoms with van der Waals surface area (Å²) in [7, 11) is 0. The molecule has 0 unspecified atom stereocenters. The molecule has 0 atom stereocenters. The van der Waals surface area contributed by atoms with E-state index in [1.165, 1.54) is 0 Å². The molecule has 0 heterocycles. The number of aliphatic hydroxyl groups excluding tert-OH is 2. The zero-order valence-electron chi connectivity index (χ0n) is 12.8. The second kappa shape index (κ2) is 6.88. The van der Waals surface area contributed by atoms with Crippen molar-refractivity contribution >= 4 is 5.69 Å². The second-order valence-electron chi connectivity index (χ2n) is 5.41. The lowest BCUT2D eigenvalue weighted by Crippen LogP contribution is -2.21. The van der Waals surface area contributed by atoms with Crippen LogP contribution in [0, 0.1) is 0 Å². The van der Waals surface area contributed by atoms with Gasteiger partial charge in [0.25, 0.3) is 0 Å². The molecule has 0 saturated heterocycles. The predicted molar refractivity (Wildman–Crippen MR) is 94.0 cm³/mol. The molecular weight excluding hydrogens is 286 g/mol. The summed E-state index contributed by atoms with van der Waals surface area (Å²) < 4.78 is 0. The number of rotatable bonds is 3. The third-order valence-electron chi connectivity index (χ3n) is 3.89. The van der Waals surface area contributed by atoms with Crippen molar-refractivity contribution in [2.75, 3.05) is 4.90 Å². The second-order valence-corrected chi connectivity index (χ2v) is 5.41. The van der Waals surface area contributed by atoms with Crippen LogP contribution in [0.5, 0.6) is 0 Å². The van der Waals surface area contributed by atoms with Gasteiger partial charge in [-0.2, -0.15) is 0 Å². The highest BCUT2D eigenvalue weighted by Crippen LogP contribution is 2.31. The lowest BCUT2D eigenvalue weighted by atomic mass is 10.0. The Labute approximate surface area is 136 Å². The summed E-state index contributed by atoms with van der Waals surface area (Å²) in [6, 6.07) is 10.2. The van der Waals surface area contributed by atoms with Gasteiger partial charge in [0.1, 0.15) is 0 Å². The van der Waals surface area contributed by atoms with E-state index in [1.807, 2.05) is 42.5 Å². The highest BCUT2D eigenvalue weighted by molar-refractivity contribution is 5.64. The molecule has 2 N–H and O–H groups in total. The van der Waals surface area contributed by atoms with E-state index in [-0.39, 0.29) is 0 Å². The number of hydrogen-bond acceptors (Lipinski definition) is 3. The molecule has 1 aromatic carbocycles. The maximum atomic E-state index is 9.13. The van der Waals surface area contributed by atoms with Crippen molar-refractivity contribution < 1.29 is 10.2 Å². The molecule has 0 saturated carbocycles. The van der Waals surface area contributed by atoms with E-state index in [9.17, 15) is 0 Å². The Hall–Kier alpha value is -2.94. The molecule has 0 aliphatic heterocycles. The molecule has 0 fully saturated rings. The zero-order chi connectivity index (χ0) is 16.1. The fraction of sp³-hybridized carbons (Fsp3) is 0.100. The van der Waals surface area contributed by atoms with E-state index < -0.39 is 0 Å². The van der Waals surface area contributed by atoms with E-state index in [4.69, 9.17) is 10.2 Å². The molecule has 116 valence electrons. The maximum Gasteiger partial charge on any atom is 0.0826 e. The van der Waals surface area contributed by atoms with Gasteiger partial charge in [-0.3, -0.25) is 0 Å². The molecule has 3 rings (SSSR count). The van der Waals surface area contributed by atoms with E-state index in [1.54, 1.807) is 0 Å². The molecule has 2 aliphatic carbocycles. The Morgan fingerprint density at radius 1 is 0.739 bits per heavy atom. The average molecular weight is 305 g/mol. The number of para-hydroxylation sites is 1. The number of nitrogens with zero attached hydrogens (tertiary/aromatic N) is 1. The summed E-state index contributed by atoms with van der Waals surface area (Å²) in [5.41, 5.74) is 4.98. The largest absolute Gasteiger partial charge is 0.515 e. The predicted octanol–water partition coefficient (Wildman–Crippen LogP) is 5.06. The van der Waals surface area contributed by atoms with E-state index in [0.717, 1.165) is 40.8 Å². The molecule has 3 heteroatoms. The van der Waals surface area contributed by atoms with Crippen molar-refractivity contribution in [1.82, 2.24) is 0 Å². The number of benzene rings is 1. The number of hydrogen-bond donors (Lipinski definition) is 2. The van der Waals surface area contributed by atoms with Gasteiger partial charge in [-0.1, -0.05) is 42.5 Å². The third-order valence-corrected chi connectivity index (χ3v) is 3.89. The van der Waals surface area contributed by atoms with Crippen LogP contribution in [0.4, 0.5) is 5.69 Å². The van der Waals surface area contributed by atoms with Crippen LogP contribution in [0.1, 0.15) is 12.8 Å². The van der Waals surface area contributed by atoms with Crippen LogP contribution in [-0.2, 0) is 0 Å². The normalized spacial score (nSPS) is 20.5. The van der Waals surface area contributed by atoms with Crippen molar-refractivity contribution in [1.29, 1.82) is 0 Å². The first-order valence-corrected chi connectivity index (χ1v) is 7.60. The first kappa shape index (κ1) is 15.0. The summed E-state index contributed by atoms with van der Waals surface area (Å²) in [6.45, 7) is 0. The van der Waals surface area contributed by atoms with Crippen LogP contribution in [-0.4, -0.2) is 10.2 Å². The minimum atomic E-state index is 0.699. The topological polar surface area (TPSA) is 43.7 Å². The van der Waals surface area contributed by atoms with Crippen molar-refractivity contribution in [2.45, 2.75) is 12.8 Å². The summed E-state index contributed by atoms with van der Waals surface area (Å²) in [5.74, 6) is 0. The van der Waals surface area contributed by atoms with E-state index in [0.29, 0.717) is 12.8 Å². The summed E-state index contributed by atoms with van der Waals surface area (Å²) in [5, 5.41) is 18.3.